The lowest BCUT2D eigenvalue weighted by molar-refractivity contribution is -0.0512. The summed E-state index contributed by atoms with van der Waals surface area (Å²) in [6, 6.07) is 13.6. The van der Waals surface area contributed by atoms with Crippen LogP contribution in [0, 0.1) is 0 Å². The molecule has 0 fully saturated rings. The van der Waals surface area contributed by atoms with E-state index in [4.69, 9.17) is 4.74 Å². The van der Waals surface area contributed by atoms with Gasteiger partial charge in [0.15, 0.2) is 17.2 Å². The highest BCUT2D eigenvalue weighted by Gasteiger charge is 2.13. The molecule has 140 valence electrons. The fourth-order valence-electron chi connectivity index (χ4n) is 2.34. The lowest BCUT2D eigenvalue weighted by atomic mass is 10.2. The Balaban J connectivity index is 1.65. The lowest BCUT2D eigenvalue weighted by Gasteiger charge is -2.11. The first kappa shape index (κ1) is 18.3. The van der Waals surface area contributed by atoms with Crippen molar-refractivity contribution in [1.82, 2.24) is 20.3 Å². The smallest absolute Gasteiger partial charge is 0.387 e. The molecule has 7 nitrogen and oxygen atoms in total. The number of aromatic nitrogens is 3. The molecule has 0 saturated carbocycles. The maximum Gasteiger partial charge on any atom is 0.387 e. The second-order valence-electron chi connectivity index (χ2n) is 5.40. The SMILES string of the molecule is COc1cc(CNC(=O)c2cnn(-c3ccccc3)n2)ccc1OC(F)F. The topological polar surface area (TPSA) is 78.3 Å². The molecule has 0 radical (unpaired) electrons. The number of ether oxygens (including phenoxy) is 2. The molecule has 0 unspecified atom stereocenters. The Morgan fingerprint density at radius 1 is 1.19 bits per heavy atom. The molecule has 1 heterocycles. The van der Waals surface area contributed by atoms with Gasteiger partial charge < -0.3 is 14.8 Å². The third-order valence-electron chi connectivity index (χ3n) is 3.61. The van der Waals surface area contributed by atoms with Crippen molar-refractivity contribution in [3.05, 3.63) is 66.0 Å². The van der Waals surface area contributed by atoms with Crippen molar-refractivity contribution in [2.24, 2.45) is 0 Å². The lowest BCUT2D eigenvalue weighted by Crippen LogP contribution is -2.23. The molecule has 1 amide bonds. The van der Waals surface area contributed by atoms with Crippen molar-refractivity contribution >= 4 is 5.91 Å². The van der Waals surface area contributed by atoms with E-state index >= 15 is 0 Å². The van der Waals surface area contributed by atoms with Crippen molar-refractivity contribution in [3.8, 4) is 17.2 Å². The molecular formula is C18H16F2N4O3. The summed E-state index contributed by atoms with van der Waals surface area (Å²) in [5.41, 5.74) is 1.54. The summed E-state index contributed by atoms with van der Waals surface area (Å²) in [5, 5.41) is 10.9. The molecule has 1 aromatic heterocycles. The molecule has 0 bridgehead atoms. The van der Waals surface area contributed by atoms with Crippen molar-refractivity contribution in [1.29, 1.82) is 0 Å². The number of carbonyl (C=O) groups is 1. The number of alkyl halides is 2. The molecule has 0 aliphatic rings. The molecule has 27 heavy (non-hydrogen) atoms. The summed E-state index contributed by atoms with van der Waals surface area (Å²) < 4.78 is 34.1. The fraction of sp³-hybridized carbons (Fsp3) is 0.167. The summed E-state index contributed by atoms with van der Waals surface area (Å²) in [4.78, 5) is 13.6. The first-order valence-corrected chi connectivity index (χ1v) is 7.94. The van der Waals surface area contributed by atoms with Gasteiger partial charge in [0.05, 0.1) is 19.0 Å². The Labute approximate surface area is 153 Å². The second kappa shape index (κ2) is 8.26. The highest BCUT2D eigenvalue weighted by Crippen LogP contribution is 2.29. The van der Waals surface area contributed by atoms with Gasteiger partial charge in [-0.15, -0.1) is 5.10 Å². The van der Waals surface area contributed by atoms with Crippen molar-refractivity contribution in [2.75, 3.05) is 7.11 Å². The Kier molecular flexibility index (Phi) is 5.60. The predicted molar refractivity (Wildman–Crippen MR) is 92.2 cm³/mol. The van der Waals surface area contributed by atoms with Gasteiger partial charge in [0, 0.05) is 6.54 Å². The van der Waals surface area contributed by atoms with Crippen LogP contribution in [0.3, 0.4) is 0 Å². The van der Waals surface area contributed by atoms with Crippen molar-refractivity contribution in [3.63, 3.8) is 0 Å². The number of rotatable bonds is 7. The second-order valence-corrected chi connectivity index (χ2v) is 5.40. The number of halogens is 2. The van der Waals surface area contributed by atoms with E-state index in [1.165, 1.54) is 30.2 Å². The maximum atomic E-state index is 12.4. The van der Waals surface area contributed by atoms with E-state index in [2.05, 4.69) is 20.3 Å². The largest absolute Gasteiger partial charge is 0.493 e. The molecule has 0 spiro atoms. The molecule has 9 heteroatoms. The van der Waals surface area contributed by atoms with Crippen LogP contribution in [-0.2, 0) is 6.54 Å². The number of nitrogens with one attached hydrogen (secondary N) is 1. The van der Waals surface area contributed by atoms with Crippen LogP contribution >= 0.6 is 0 Å². The van der Waals surface area contributed by atoms with Crippen LogP contribution in [-0.4, -0.2) is 34.6 Å². The van der Waals surface area contributed by atoms with Gasteiger partial charge in [0.2, 0.25) is 0 Å². The predicted octanol–water partition coefficient (Wildman–Crippen LogP) is 2.81. The van der Waals surface area contributed by atoms with E-state index in [1.807, 2.05) is 30.3 Å². The number of hydrogen-bond acceptors (Lipinski definition) is 5. The highest BCUT2D eigenvalue weighted by molar-refractivity contribution is 5.91. The number of para-hydroxylation sites is 1. The van der Waals surface area contributed by atoms with Gasteiger partial charge in [-0.3, -0.25) is 4.79 Å². The number of methoxy groups -OCH3 is 1. The van der Waals surface area contributed by atoms with E-state index < -0.39 is 12.5 Å². The van der Waals surface area contributed by atoms with Gasteiger partial charge in [-0.2, -0.15) is 18.7 Å². The van der Waals surface area contributed by atoms with E-state index in [-0.39, 0.29) is 23.7 Å². The van der Waals surface area contributed by atoms with Crippen LogP contribution in [0.15, 0.2) is 54.7 Å². The Morgan fingerprint density at radius 2 is 1.96 bits per heavy atom. The minimum atomic E-state index is -2.95. The summed E-state index contributed by atoms with van der Waals surface area (Å²) in [7, 11) is 1.35. The van der Waals surface area contributed by atoms with Gasteiger partial charge in [0.25, 0.3) is 5.91 Å². The molecule has 0 atom stereocenters. The number of nitrogens with zero attached hydrogens (tertiary/aromatic N) is 3. The van der Waals surface area contributed by atoms with Gasteiger partial charge in [-0.25, -0.2) is 0 Å². The minimum absolute atomic E-state index is 0.0756. The van der Waals surface area contributed by atoms with Crippen LogP contribution in [0.4, 0.5) is 8.78 Å². The fourth-order valence-corrected chi connectivity index (χ4v) is 2.34. The maximum absolute atomic E-state index is 12.4. The van der Waals surface area contributed by atoms with Crippen LogP contribution in [0.1, 0.15) is 16.1 Å². The third kappa shape index (κ3) is 4.57. The zero-order chi connectivity index (χ0) is 19.2. The Morgan fingerprint density at radius 3 is 2.67 bits per heavy atom. The number of amides is 1. The van der Waals surface area contributed by atoms with E-state index in [0.717, 1.165) is 5.69 Å². The number of carbonyl (C=O) groups excluding carboxylic acids is 1. The first-order chi connectivity index (χ1) is 13.1. The van der Waals surface area contributed by atoms with Crippen molar-refractivity contribution < 1.29 is 23.0 Å². The zero-order valence-corrected chi connectivity index (χ0v) is 14.3. The molecular weight excluding hydrogens is 358 g/mol. The zero-order valence-electron chi connectivity index (χ0n) is 14.3. The molecule has 3 rings (SSSR count). The van der Waals surface area contributed by atoms with Crippen LogP contribution in [0.2, 0.25) is 0 Å². The van der Waals surface area contributed by atoms with E-state index in [9.17, 15) is 13.6 Å². The van der Waals surface area contributed by atoms with Crippen LogP contribution in [0.25, 0.3) is 5.69 Å². The molecule has 0 saturated heterocycles. The van der Waals surface area contributed by atoms with Gasteiger partial charge in [-0.05, 0) is 29.8 Å². The Hall–Kier alpha value is -3.49. The summed E-state index contributed by atoms with van der Waals surface area (Å²) >= 11 is 0. The number of hydrogen-bond donors (Lipinski definition) is 1. The van der Waals surface area contributed by atoms with Crippen molar-refractivity contribution in [2.45, 2.75) is 13.2 Å². The summed E-state index contributed by atoms with van der Waals surface area (Å²) in [6.45, 7) is -2.79. The molecule has 3 aromatic rings. The molecule has 0 aliphatic carbocycles. The van der Waals surface area contributed by atoms with Gasteiger partial charge in [-0.1, -0.05) is 24.3 Å². The van der Waals surface area contributed by atoms with Gasteiger partial charge >= 0.3 is 6.61 Å². The average Bonchev–Trinajstić information content (AvgIpc) is 3.17. The average molecular weight is 374 g/mol. The first-order valence-electron chi connectivity index (χ1n) is 7.94. The molecule has 0 aliphatic heterocycles. The third-order valence-corrected chi connectivity index (χ3v) is 3.61. The normalized spacial score (nSPS) is 10.7. The highest BCUT2D eigenvalue weighted by atomic mass is 19.3. The number of benzene rings is 2. The molecule has 2 aromatic carbocycles. The Bertz CT molecular complexity index is 916. The summed E-state index contributed by atoms with van der Waals surface area (Å²) in [6.07, 6.45) is 1.36. The van der Waals surface area contributed by atoms with Crippen LogP contribution < -0.4 is 14.8 Å². The standard InChI is InChI=1S/C18H16F2N4O3/c1-26-16-9-12(7-8-15(16)27-18(19)20)10-21-17(25)14-11-22-24(23-14)13-5-3-2-4-6-13/h2-9,11,18H,10H2,1H3,(H,21,25). The van der Waals surface area contributed by atoms with Crippen LogP contribution in [0.5, 0.6) is 11.5 Å². The molecule has 1 N–H and O–H groups in total. The van der Waals surface area contributed by atoms with E-state index in [0.29, 0.717) is 5.56 Å². The van der Waals surface area contributed by atoms with E-state index in [1.54, 1.807) is 6.07 Å². The minimum Gasteiger partial charge on any atom is -0.493 e. The quantitative estimate of drug-likeness (QED) is 0.688. The summed E-state index contributed by atoms with van der Waals surface area (Å²) in [5.74, 6) is -0.338. The van der Waals surface area contributed by atoms with Gasteiger partial charge in [0.1, 0.15) is 0 Å². The monoisotopic (exact) mass is 374 g/mol.